The van der Waals surface area contributed by atoms with E-state index in [4.69, 9.17) is 4.74 Å². The van der Waals surface area contributed by atoms with E-state index in [1.807, 2.05) is 0 Å². The van der Waals surface area contributed by atoms with Gasteiger partial charge in [-0.15, -0.1) is 0 Å². The van der Waals surface area contributed by atoms with Crippen LogP contribution in [-0.2, 0) is 4.74 Å². The molecule has 0 bridgehead atoms. The molecule has 1 unspecified atom stereocenters. The van der Waals surface area contributed by atoms with Crippen molar-refractivity contribution in [2.45, 2.75) is 57.8 Å². The van der Waals surface area contributed by atoms with E-state index in [-0.39, 0.29) is 18.6 Å². The summed E-state index contributed by atoms with van der Waals surface area (Å²) in [4.78, 5) is 25.1. The van der Waals surface area contributed by atoms with Gasteiger partial charge in [0.15, 0.2) is 0 Å². The third kappa shape index (κ3) is 4.04. The van der Waals surface area contributed by atoms with Crippen LogP contribution < -0.4 is 11.2 Å². The zero-order valence-electron chi connectivity index (χ0n) is 12.5. The molecule has 0 aromatic carbocycles. The SMILES string of the molecule is CCCCCCC1C[C@H](n2ccc(=O)[nH]c2=O)O[C@@H]1CO. The first-order valence-corrected chi connectivity index (χ1v) is 7.73. The number of ether oxygens (including phenoxy) is 1. The number of aromatic amines is 1. The summed E-state index contributed by atoms with van der Waals surface area (Å²) in [5, 5.41) is 9.45. The lowest BCUT2D eigenvalue weighted by Crippen LogP contribution is -2.31. The molecule has 6 nitrogen and oxygen atoms in total. The van der Waals surface area contributed by atoms with Gasteiger partial charge in [0.05, 0.1) is 12.7 Å². The van der Waals surface area contributed by atoms with Crippen LogP contribution in [0.15, 0.2) is 21.9 Å². The molecule has 1 fully saturated rings. The summed E-state index contributed by atoms with van der Waals surface area (Å²) in [6, 6.07) is 1.31. The van der Waals surface area contributed by atoms with Crippen molar-refractivity contribution < 1.29 is 9.84 Å². The van der Waals surface area contributed by atoms with Crippen LogP contribution in [0.1, 0.15) is 51.7 Å². The number of hydrogen-bond acceptors (Lipinski definition) is 4. The Morgan fingerprint density at radius 1 is 1.38 bits per heavy atom. The van der Waals surface area contributed by atoms with E-state index in [2.05, 4.69) is 11.9 Å². The number of nitrogens with one attached hydrogen (secondary N) is 1. The highest BCUT2D eigenvalue weighted by Gasteiger charge is 2.35. The monoisotopic (exact) mass is 296 g/mol. The first kappa shape index (κ1) is 16.0. The Bertz CT molecular complexity index is 551. The minimum Gasteiger partial charge on any atom is -0.394 e. The number of aliphatic hydroxyl groups excluding tert-OH is 1. The van der Waals surface area contributed by atoms with Crippen LogP contribution in [0.25, 0.3) is 0 Å². The maximum atomic E-state index is 11.8. The van der Waals surface area contributed by atoms with Gasteiger partial charge in [0.1, 0.15) is 6.23 Å². The van der Waals surface area contributed by atoms with Gasteiger partial charge in [-0.05, 0) is 18.8 Å². The molecule has 1 aromatic rings. The molecule has 0 amide bonds. The second kappa shape index (κ2) is 7.56. The molecule has 2 N–H and O–H groups in total. The molecule has 3 atom stereocenters. The molecule has 1 aliphatic heterocycles. The fraction of sp³-hybridized carbons (Fsp3) is 0.733. The maximum absolute atomic E-state index is 11.8. The second-order valence-electron chi connectivity index (χ2n) is 5.67. The summed E-state index contributed by atoms with van der Waals surface area (Å²) >= 11 is 0. The fourth-order valence-corrected chi connectivity index (χ4v) is 2.94. The van der Waals surface area contributed by atoms with Gasteiger partial charge in [-0.2, -0.15) is 0 Å². The zero-order valence-corrected chi connectivity index (χ0v) is 12.5. The molecule has 2 heterocycles. The Hall–Kier alpha value is -1.40. The quantitative estimate of drug-likeness (QED) is 0.745. The van der Waals surface area contributed by atoms with Crippen LogP contribution >= 0.6 is 0 Å². The van der Waals surface area contributed by atoms with Crippen molar-refractivity contribution in [1.82, 2.24) is 9.55 Å². The van der Waals surface area contributed by atoms with Gasteiger partial charge in [-0.25, -0.2) is 4.79 Å². The molecule has 2 rings (SSSR count). The summed E-state index contributed by atoms with van der Waals surface area (Å²) in [6.07, 6.45) is 7.25. The van der Waals surface area contributed by atoms with E-state index in [1.54, 1.807) is 0 Å². The second-order valence-corrected chi connectivity index (χ2v) is 5.67. The molecule has 6 heteroatoms. The van der Waals surface area contributed by atoms with Gasteiger partial charge >= 0.3 is 5.69 Å². The van der Waals surface area contributed by atoms with Crippen molar-refractivity contribution in [3.8, 4) is 0 Å². The summed E-state index contributed by atoms with van der Waals surface area (Å²) < 4.78 is 7.18. The van der Waals surface area contributed by atoms with Crippen LogP contribution in [0.5, 0.6) is 0 Å². The molecule has 0 saturated carbocycles. The largest absolute Gasteiger partial charge is 0.394 e. The van der Waals surface area contributed by atoms with E-state index < -0.39 is 17.5 Å². The molecule has 0 aliphatic carbocycles. The third-order valence-electron chi connectivity index (χ3n) is 4.13. The normalized spacial score (nSPS) is 25.3. The van der Waals surface area contributed by atoms with Crippen molar-refractivity contribution in [2.24, 2.45) is 5.92 Å². The van der Waals surface area contributed by atoms with Gasteiger partial charge in [0, 0.05) is 12.3 Å². The Balaban J connectivity index is 2.00. The Labute approximate surface area is 123 Å². The number of unbranched alkanes of at least 4 members (excludes halogenated alkanes) is 3. The summed E-state index contributed by atoms with van der Waals surface area (Å²) in [5.41, 5.74) is -0.875. The van der Waals surface area contributed by atoms with Crippen LogP contribution in [-0.4, -0.2) is 27.4 Å². The van der Waals surface area contributed by atoms with Crippen LogP contribution in [0.3, 0.4) is 0 Å². The lowest BCUT2D eigenvalue weighted by molar-refractivity contribution is -0.0333. The third-order valence-corrected chi connectivity index (χ3v) is 4.13. The average molecular weight is 296 g/mol. The van der Waals surface area contributed by atoms with Crippen molar-refractivity contribution in [3.63, 3.8) is 0 Å². The van der Waals surface area contributed by atoms with E-state index in [0.717, 1.165) is 12.8 Å². The molecular weight excluding hydrogens is 272 g/mol. The van der Waals surface area contributed by atoms with Gasteiger partial charge in [0.25, 0.3) is 5.56 Å². The first-order chi connectivity index (χ1) is 10.2. The number of aliphatic hydroxyl groups is 1. The number of aromatic nitrogens is 2. The number of rotatable bonds is 7. The molecule has 0 radical (unpaired) electrons. The molecule has 1 saturated heterocycles. The fourth-order valence-electron chi connectivity index (χ4n) is 2.94. The predicted molar refractivity (Wildman–Crippen MR) is 79.2 cm³/mol. The van der Waals surface area contributed by atoms with Crippen molar-refractivity contribution in [1.29, 1.82) is 0 Å². The van der Waals surface area contributed by atoms with Gasteiger partial charge < -0.3 is 9.84 Å². The van der Waals surface area contributed by atoms with Gasteiger partial charge in [-0.1, -0.05) is 32.6 Å². The van der Waals surface area contributed by atoms with E-state index in [1.165, 1.54) is 36.1 Å². The maximum Gasteiger partial charge on any atom is 0.330 e. The first-order valence-electron chi connectivity index (χ1n) is 7.73. The van der Waals surface area contributed by atoms with Gasteiger partial charge in [0.2, 0.25) is 0 Å². The van der Waals surface area contributed by atoms with Crippen LogP contribution in [0.2, 0.25) is 0 Å². The molecular formula is C15H24N2O4. The van der Waals surface area contributed by atoms with Crippen molar-refractivity contribution in [3.05, 3.63) is 33.1 Å². The number of hydrogen-bond donors (Lipinski definition) is 2. The lowest BCUT2D eigenvalue weighted by Gasteiger charge is -2.15. The summed E-state index contributed by atoms with van der Waals surface area (Å²) in [7, 11) is 0. The van der Waals surface area contributed by atoms with Crippen LogP contribution in [0, 0.1) is 5.92 Å². The van der Waals surface area contributed by atoms with E-state index in [9.17, 15) is 14.7 Å². The summed E-state index contributed by atoms with van der Waals surface area (Å²) in [5.74, 6) is 0.260. The van der Waals surface area contributed by atoms with E-state index >= 15 is 0 Å². The number of H-pyrrole nitrogens is 1. The molecule has 1 aromatic heterocycles. The van der Waals surface area contributed by atoms with Gasteiger partial charge in [-0.3, -0.25) is 14.3 Å². The topological polar surface area (TPSA) is 84.3 Å². The number of nitrogens with zero attached hydrogens (tertiary/aromatic N) is 1. The smallest absolute Gasteiger partial charge is 0.330 e. The molecule has 118 valence electrons. The molecule has 1 aliphatic rings. The summed E-state index contributed by atoms with van der Waals surface area (Å²) in [6.45, 7) is 2.14. The van der Waals surface area contributed by atoms with Crippen molar-refractivity contribution >= 4 is 0 Å². The zero-order chi connectivity index (χ0) is 15.2. The Morgan fingerprint density at radius 2 is 2.19 bits per heavy atom. The molecule has 0 spiro atoms. The highest BCUT2D eigenvalue weighted by atomic mass is 16.5. The van der Waals surface area contributed by atoms with Crippen molar-refractivity contribution in [2.75, 3.05) is 6.61 Å². The Kier molecular flexibility index (Phi) is 5.76. The predicted octanol–water partition coefficient (Wildman–Crippen LogP) is 1.40. The average Bonchev–Trinajstić information content (AvgIpc) is 2.86. The standard InChI is InChI=1S/C15H24N2O4/c1-2-3-4-5-6-11-9-14(21-12(11)10-18)17-8-7-13(19)16-15(17)20/h7-8,11-12,14,18H,2-6,9-10H2,1H3,(H,16,19,20)/t11?,12-,14-/m1/s1. The highest BCUT2D eigenvalue weighted by molar-refractivity contribution is 4.88. The molecule has 21 heavy (non-hydrogen) atoms. The minimum absolute atomic E-state index is 0.0347. The Morgan fingerprint density at radius 3 is 2.86 bits per heavy atom. The van der Waals surface area contributed by atoms with Crippen LogP contribution in [0.4, 0.5) is 0 Å². The highest BCUT2D eigenvalue weighted by Crippen LogP contribution is 2.35. The minimum atomic E-state index is -0.462. The van der Waals surface area contributed by atoms with E-state index in [0.29, 0.717) is 6.42 Å². The lowest BCUT2D eigenvalue weighted by atomic mass is 9.94.